The van der Waals surface area contributed by atoms with E-state index in [9.17, 15) is 9.59 Å². The van der Waals surface area contributed by atoms with Gasteiger partial charge in [0.1, 0.15) is 0 Å². The van der Waals surface area contributed by atoms with Crippen LogP contribution < -0.4 is 21.1 Å². The van der Waals surface area contributed by atoms with Crippen molar-refractivity contribution in [2.24, 2.45) is 5.92 Å². The minimum absolute atomic E-state index is 0.0822. The van der Waals surface area contributed by atoms with Crippen molar-refractivity contribution in [2.75, 3.05) is 29.9 Å². The second kappa shape index (κ2) is 9.16. The Morgan fingerprint density at radius 2 is 1.96 bits per heavy atom. The number of rotatable bonds is 5. The Hall–Kier alpha value is -3.16. The van der Waals surface area contributed by atoms with Gasteiger partial charge in [0.15, 0.2) is 0 Å². The van der Waals surface area contributed by atoms with Crippen LogP contribution in [0.5, 0.6) is 0 Å². The van der Waals surface area contributed by atoms with Crippen molar-refractivity contribution in [3.63, 3.8) is 0 Å². The number of aromatic nitrogens is 2. The molecule has 2 amide bonds. The van der Waals surface area contributed by atoms with Gasteiger partial charge >= 0.3 is 0 Å². The van der Waals surface area contributed by atoms with Crippen LogP contribution in [0.2, 0.25) is 0 Å². The van der Waals surface area contributed by atoms with Crippen molar-refractivity contribution < 1.29 is 9.59 Å². The van der Waals surface area contributed by atoms with Crippen LogP contribution in [-0.2, 0) is 9.59 Å². The molecule has 0 radical (unpaired) electrons. The van der Waals surface area contributed by atoms with Gasteiger partial charge in [-0.25, -0.2) is 9.97 Å². The number of hydrogen-bond donors (Lipinski definition) is 3. The number of carbonyl (C=O) groups excluding carboxylic acids is 2. The average Bonchev–Trinajstić information content (AvgIpc) is 2.72. The number of hydrazine groups is 1. The fraction of sp³-hybridized carbons (Fsp3) is 0.400. The van der Waals surface area contributed by atoms with Gasteiger partial charge in [-0.2, -0.15) is 0 Å². The summed E-state index contributed by atoms with van der Waals surface area (Å²) in [5, 5.41) is 3.08. The first-order valence-electron chi connectivity index (χ1n) is 9.44. The summed E-state index contributed by atoms with van der Waals surface area (Å²) in [6.45, 7) is 5.45. The molecule has 28 heavy (non-hydrogen) atoms. The van der Waals surface area contributed by atoms with Crippen LogP contribution in [0.3, 0.4) is 0 Å². The van der Waals surface area contributed by atoms with E-state index in [-0.39, 0.29) is 24.3 Å². The maximum absolute atomic E-state index is 12.4. The molecule has 3 rings (SSSR count). The highest BCUT2D eigenvalue weighted by molar-refractivity contribution is 5.85. The summed E-state index contributed by atoms with van der Waals surface area (Å²) in [7, 11) is 0. The van der Waals surface area contributed by atoms with Gasteiger partial charge in [-0.3, -0.25) is 20.4 Å². The smallest absolute Gasteiger partial charge is 0.257 e. The van der Waals surface area contributed by atoms with Crippen LogP contribution in [-0.4, -0.2) is 41.4 Å². The van der Waals surface area contributed by atoms with E-state index in [4.69, 9.17) is 0 Å². The zero-order chi connectivity index (χ0) is 19.9. The van der Waals surface area contributed by atoms with Gasteiger partial charge in [0.05, 0.1) is 12.5 Å². The maximum Gasteiger partial charge on any atom is 0.257 e. The van der Waals surface area contributed by atoms with Crippen molar-refractivity contribution in [1.29, 1.82) is 0 Å². The van der Waals surface area contributed by atoms with E-state index >= 15 is 0 Å². The summed E-state index contributed by atoms with van der Waals surface area (Å²) in [6.07, 6.45) is 5.02. The van der Waals surface area contributed by atoms with E-state index < -0.39 is 0 Å². The molecule has 3 N–H and O–H groups in total. The number of piperidine rings is 1. The highest BCUT2D eigenvalue weighted by Gasteiger charge is 2.27. The van der Waals surface area contributed by atoms with Crippen molar-refractivity contribution in [1.82, 2.24) is 20.8 Å². The average molecular weight is 382 g/mol. The zero-order valence-corrected chi connectivity index (χ0v) is 16.2. The summed E-state index contributed by atoms with van der Waals surface area (Å²) in [6, 6.07) is 7.74. The Kier molecular flexibility index (Phi) is 6.41. The summed E-state index contributed by atoms with van der Waals surface area (Å²) in [4.78, 5) is 35.0. The quantitative estimate of drug-likeness (QED) is 0.679. The topological polar surface area (TPSA) is 99.2 Å². The molecule has 0 aliphatic carbocycles. The standard InChI is InChI=1S/C20H26N6O2/c1-14-6-7-17(15(2)11-14)23-12-18(27)24-25-19(28)16-5-3-10-26(13-16)20-21-8-4-9-22-20/h4,6-9,11,16,23H,3,5,10,12-13H2,1-2H3,(H,24,27)(H,25,28). The molecule has 1 atom stereocenters. The Morgan fingerprint density at radius 3 is 2.71 bits per heavy atom. The molecule has 2 aromatic rings. The molecule has 8 heteroatoms. The molecule has 148 valence electrons. The molecule has 0 bridgehead atoms. The monoisotopic (exact) mass is 382 g/mol. The molecular formula is C20H26N6O2. The van der Waals surface area contributed by atoms with Crippen molar-refractivity contribution in [3.05, 3.63) is 47.8 Å². The van der Waals surface area contributed by atoms with Crippen molar-refractivity contribution in [3.8, 4) is 0 Å². The number of nitrogens with one attached hydrogen (secondary N) is 3. The Bertz CT molecular complexity index is 827. The lowest BCUT2D eigenvalue weighted by atomic mass is 9.98. The van der Waals surface area contributed by atoms with Gasteiger partial charge in [0.25, 0.3) is 5.91 Å². The van der Waals surface area contributed by atoms with Crippen molar-refractivity contribution >= 4 is 23.5 Å². The first-order valence-corrected chi connectivity index (χ1v) is 9.44. The fourth-order valence-corrected chi connectivity index (χ4v) is 3.29. The van der Waals surface area contributed by atoms with E-state index in [1.54, 1.807) is 18.5 Å². The third kappa shape index (κ3) is 5.18. The van der Waals surface area contributed by atoms with Gasteiger partial charge in [-0.15, -0.1) is 0 Å². The van der Waals surface area contributed by atoms with E-state index in [2.05, 4.69) is 26.1 Å². The molecule has 1 saturated heterocycles. The van der Waals surface area contributed by atoms with Crippen LogP contribution in [0.25, 0.3) is 0 Å². The second-order valence-electron chi connectivity index (χ2n) is 7.04. The molecule has 1 unspecified atom stereocenters. The van der Waals surface area contributed by atoms with Gasteiger partial charge in [0, 0.05) is 31.2 Å². The molecule has 1 aromatic heterocycles. The Morgan fingerprint density at radius 1 is 1.18 bits per heavy atom. The fourth-order valence-electron chi connectivity index (χ4n) is 3.29. The highest BCUT2D eigenvalue weighted by atomic mass is 16.2. The first-order chi connectivity index (χ1) is 13.5. The van der Waals surface area contributed by atoms with Gasteiger partial charge < -0.3 is 10.2 Å². The lowest BCUT2D eigenvalue weighted by Gasteiger charge is -2.31. The predicted octanol–water partition coefficient (Wildman–Crippen LogP) is 1.57. The number of hydrogen-bond acceptors (Lipinski definition) is 6. The van der Waals surface area contributed by atoms with Crippen molar-refractivity contribution in [2.45, 2.75) is 26.7 Å². The Labute approximate surface area is 164 Å². The van der Waals surface area contributed by atoms with Crippen LogP contribution >= 0.6 is 0 Å². The maximum atomic E-state index is 12.4. The van der Waals surface area contributed by atoms with E-state index in [0.717, 1.165) is 30.6 Å². The lowest BCUT2D eigenvalue weighted by molar-refractivity contribution is -0.130. The van der Waals surface area contributed by atoms with E-state index in [0.29, 0.717) is 12.5 Å². The number of anilines is 2. The lowest BCUT2D eigenvalue weighted by Crippen LogP contribution is -2.50. The van der Waals surface area contributed by atoms with E-state index in [1.807, 2.05) is 36.9 Å². The number of aryl methyl sites for hydroxylation is 2. The molecule has 8 nitrogen and oxygen atoms in total. The zero-order valence-electron chi connectivity index (χ0n) is 16.2. The number of carbonyl (C=O) groups is 2. The third-order valence-corrected chi connectivity index (χ3v) is 4.77. The molecule has 1 aliphatic heterocycles. The Balaban J connectivity index is 1.44. The number of benzene rings is 1. The van der Waals surface area contributed by atoms with Crippen LogP contribution in [0.1, 0.15) is 24.0 Å². The van der Waals surface area contributed by atoms with Gasteiger partial charge in [0.2, 0.25) is 11.9 Å². The number of nitrogens with zero attached hydrogens (tertiary/aromatic N) is 3. The summed E-state index contributed by atoms with van der Waals surface area (Å²) >= 11 is 0. The largest absolute Gasteiger partial charge is 0.376 e. The second-order valence-corrected chi connectivity index (χ2v) is 7.04. The molecule has 0 spiro atoms. The minimum atomic E-state index is -0.299. The van der Waals surface area contributed by atoms with Crippen LogP contribution in [0.15, 0.2) is 36.7 Å². The molecule has 0 saturated carbocycles. The summed E-state index contributed by atoms with van der Waals surface area (Å²) < 4.78 is 0. The third-order valence-electron chi connectivity index (χ3n) is 4.77. The number of amides is 2. The van der Waals surface area contributed by atoms with Crippen LogP contribution in [0, 0.1) is 19.8 Å². The molecule has 1 fully saturated rings. The summed E-state index contributed by atoms with van der Waals surface area (Å²) in [5.74, 6) is -0.0836. The molecular weight excluding hydrogens is 356 g/mol. The molecule has 2 heterocycles. The van der Waals surface area contributed by atoms with Crippen LogP contribution in [0.4, 0.5) is 11.6 Å². The van der Waals surface area contributed by atoms with Gasteiger partial charge in [-0.05, 0) is 44.4 Å². The SMILES string of the molecule is Cc1ccc(NCC(=O)NNC(=O)C2CCCN(c3ncccn3)C2)c(C)c1. The van der Waals surface area contributed by atoms with Gasteiger partial charge in [-0.1, -0.05) is 17.7 Å². The normalized spacial score (nSPS) is 16.4. The highest BCUT2D eigenvalue weighted by Crippen LogP contribution is 2.20. The predicted molar refractivity (Wildman–Crippen MR) is 108 cm³/mol. The molecule has 1 aliphatic rings. The minimum Gasteiger partial charge on any atom is -0.376 e. The van der Waals surface area contributed by atoms with E-state index in [1.165, 1.54) is 5.56 Å². The molecule has 1 aromatic carbocycles. The summed E-state index contributed by atoms with van der Waals surface area (Å²) in [5.41, 5.74) is 8.16. The first kappa shape index (κ1) is 19.6.